The molecule has 0 aliphatic heterocycles. The Balaban J connectivity index is 3.65. The third kappa shape index (κ3) is 4.94. The van der Waals surface area contributed by atoms with Crippen LogP contribution in [0.2, 0.25) is 0 Å². The second-order valence-corrected chi connectivity index (χ2v) is 3.20. The van der Waals surface area contributed by atoms with Gasteiger partial charge in [-0.05, 0) is 19.3 Å². The molecule has 2 atom stereocenters. The molecule has 0 saturated carbocycles. The Morgan fingerprint density at radius 2 is 2.17 bits per heavy atom. The van der Waals surface area contributed by atoms with Crippen molar-refractivity contribution in [1.82, 2.24) is 0 Å². The molecule has 0 fully saturated rings. The lowest BCUT2D eigenvalue weighted by Gasteiger charge is -2.15. The number of hydrogen-bond acceptors (Lipinski definition) is 2. The maximum absolute atomic E-state index is 10.8. The highest BCUT2D eigenvalue weighted by Gasteiger charge is 2.09. The molecule has 0 heterocycles. The van der Waals surface area contributed by atoms with Crippen LogP contribution >= 0.6 is 0 Å². The van der Waals surface area contributed by atoms with Crippen LogP contribution in [0.5, 0.6) is 0 Å². The van der Waals surface area contributed by atoms with Gasteiger partial charge in [-0.25, -0.2) is 4.79 Å². The zero-order valence-electron chi connectivity index (χ0n) is 8.17. The molecule has 0 aliphatic rings. The maximum Gasteiger partial charge on any atom is 0.330 e. The number of rotatable bonds is 5. The minimum Gasteiger partial charge on any atom is -0.460 e. The first-order valence-corrected chi connectivity index (χ1v) is 4.43. The fourth-order valence-electron chi connectivity index (χ4n) is 1.03. The molecule has 0 saturated heterocycles. The lowest BCUT2D eigenvalue weighted by atomic mass is 10.0. The third-order valence-corrected chi connectivity index (χ3v) is 1.92. The number of hydrogen-bond donors (Lipinski definition) is 0. The van der Waals surface area contributed by atoms with E-state index in [4.69, 9.17) is 4.74 Å². The fraction of sp³-hybridized carbons (Fsp3) is 0.700. The van der Waals surface area contributed by atoms with E-state index in [0.29, 0.717) is 5.92 Å². The van der Waals surface area contributed by atoms with Crippen molar-refractivity contribution in [3.05, 3.63) is 12.7 Å². The highest BCUT2D eigenvalue weighted by molar-refractivity contribution is 5.81. The summed E-state index contributed by atoms with van der Waals surface area (Å²) in [7, 11) is 0. The van der Waals surface area contributed by atoms with Crippen molar-refractivity contribution in [3.63, 3.8) is 0 Å². The summed E-state index contributed by atoms with van der Waals surface area (Å²) in [6.45, 7) is 9.53. The van der Waals surface area contributed by atoms with Gasteiger partial charge < -0.3 is 4.74 Å². The zero-order chi connectivity index (χ0) is 9.56. The molecule has 0 amide bonds. The Morgan fingerprint density at radius 1 is 1.58 bits per heavy atom. The van der Waals surface area contributed by atoms with Crippen LogP contribution in [0.25, 0.3) is 0 Å². The van der Waals surface area contributed by atoms with Crippen molar-refractivity contribution in [2.75, 3.05) is 0 Å². The van der Waals surface area contributed by atoms with Gasteiger partial charge in [0.15, 0.2) is 0 Å². The number of esters is 1. The summed E-state index contributed by atoms with van der Waals surface area (Å²) in [5.74, 6) is 0.281. The van der Waals surface area contributed by atoms with Gasteiger partial charge in [0.1, 0.15) is 0 Å². The van der Waals surface area contributed by atoms with Gasteiger partial charge in [0, 0.05) is 6.08 Å². The molecule has 0 bridgehead atoms. The molecule has 2 unspecified atom stereocenters. The molecule has 0 aromatic rings. The van der Waals surface area contributed by atoms with Crippen LogP contribution in [0, 0.1) is 5.92 Å². The van der Waals surface area contributed by atoms with Crippen molar-refractivity contribution in [1.29, 1.82) is 0 Å². The molecule has 0 radical (unpaired) electrons. The standard InChI is InChI=1S/C10H18O2/c1-5-8(3)7-9(4)12-10(11)6-2/h6,8-9H,2,5,7H2,1,3-4H3. The first-order chi connectivity index (χ1) is 5.60. The van der Waals surface area contributed by atoms with E-state index in [1.165, 1.54) is 6.08 Å². The molecule has 0 rings (SSSR count). The van der Waals surface area contributed by atoms with Gasteiger partial charge in [-0.2, -0.15) is 0 Å². The minimum atomic E-state index is -0.328. The van der Waals surface area contributed by atoms with Gasteiger partial charge in [0.2, 0.25) is 0 Å². The Morgan fingerprint density at radius 3 is 2.58 bits per heavy atom. The van der Waals surface area contributed by atoms with E-state index in [2.05, 4.69) is 20.4 Å². The van der Waals surface area contributed by atoms with Crippen LogP contribution in [0.3, 0.4) is 0 Å². The summed E-state index contributed by atoms with van der Waals surface area (Å²) >= 11 is 0. The molecular weight excluding hydrogens is 152 g/mol. The Hall–Kier alpha value is -0.790. The summed E-state index contributed by atoms with van der Waals surface area (Å²) in [5, 5.41) is 0. The minimum absolute atomic E-state index is 0.00505. The quantitative estimate of drug-likeness (QED) is 0.468. The van der Waals surface area contributed by atoms with Crippen molar-refractivity contribution >= 4 is 5.97 Å². The van der Waals surface area contributed by atoms with Crippen LogP contribution in [-0.2, 0) is 9.53 Å². The van der Waals surface area contributed by atoms with Crippen molar-refractivity contribution in [3.8, 4) is 0 Å². The van der Waals surface area contributed by atoms with E-state index >= 15 is 0 Å². The van der Waals surface area contributed by atoms with Crippen molar-refractivity contribution < 1.29 is 9.53 Å². The Bertz CT molecular complexity index is 152. The lowest BCUT2D eigenvalue weighted by Crippen LogP contribution is -2.15. The summed E-state index contributed by atoms with van der Waals surface area (Å²) in [5.41, 5.74) is 0. The van der Waals surface area contributed by atoms with E-state index in [0.717, 1.165) is 12.8 Å². The summed E-state index contributed by atoms with van der Waals surface area (Å²) < 4.78 is 5.02. The predicted molar refractivity (Wildman–Crippen MR) is 49.8 cm³/mol. The van der Waals surface area contributed by atoms with E-state index in [1.54, 1.807) is 0 Å². The normalized spacial score (nSPS) is 14.9. The Kier molecular flexibility index (Phi) is 5.43. The molecule has 70 valence electrons. The van der Waals surface area contributed by atoms with E-state index in [9.17, 15) is 4.79 Å². The fourth-order valence-corrected chi connectivity index (χ4v) is 1.03. The second-order valence-electron chi connectivity index (χ2n) is 3.20. The number of ether oxygens (including phenoxy) is 1. The van der Waals surface area contributed by atoms with Gasteiger partial charge in [-0.3, -0.25) is 0 Å². The molecule has 2 nitrogen and oxygen atoms in total. The van der Waals surface area contributed by atoms with E-state index in [1.807, 2.05) is 6.92 Å². The molecule has 0 aromatic heterocycles. The van der Waals surface area contributed by atoms with Crippen molar-refractivity contribution in [2.45, 2.75) is 39.7 Å². The SMILES string of the molecule is C=CC(=O)OC(C)CC(C)CC. The average Bonchev–Trinajstić information content (AvgIpc) is 2.03. The van der Waals surface area contributed by atoms with Gasteiger partial charge >= 0.3 is 5.97 Å². The second kappa shape index (κ2) is 5.81. The number of carbonyl (C=O) groups is 1. The highest BCUT2D eigenvalue weighted by atomic mass is 16.5. The largest absolute Gasteiger partial charge is 0.460 e. The molecule has 2 heteroatoms. The van der Waals surface area contributed by atoms with Crippen LogP contribution < -0.4 is 0 Å². The van der Waals surface area contributed by atoms with E-state index < -0.39 is 0 Å². The van der Waals surface area contributed by atoms with Crippen LogP contribution in [-0.4, -0.2) is 12.1 Å². The molecule has 0 spiro atoms. The van der Waals surface area contributed by atoms with Gasteiger partial charge in [-0.15, -0.1) is 0 Å². The molecule has 0 N–H and O–H groups in total. The van der Waals surface area contributed by atoms with Crippen LogP contribution in [0.4, 0.5) is 0 Å². The molecule has 0 aromatic carbocycles. The lowest BCUT2D eigenvalue weighted by molar-refractivity contribution is -0.142. The topological polar surface area (TPSA) is 26.3 Å². The number of carbonyl (C=O) groups excluding carboxylic acids is 1. The monoisotopic (exact) mass is 170 g/mol. The van der Waals surface area contributed by atoms with E-state index in [-0.39, 0.29) is 12.1 Å². The average molecular weight is 170 g/mol. The van der Waals surface area contributed by atoms with Gasteiger partial charge in [0.05, 0.1) is 6.10 Å². The van der Waals surface area contributed by atoms with Crippen LogP contribution in [0.1, 0.15) is 33.6 Å². The molecular formula is C10H18O2. The third-order valence-electron chi connectivity index (χ3n) is 1.92. The predicted octanol–water partition coefficient (Wildman–Crippen LogP) is 2.54. The summed E-state index contributed by atoms with van der Waals surface area (Å²) in [6, 6.07) is 0. The van der Waals surface area contributed by atoms with Gasteiger partial charge in [0.25, 0.3) is 0 Å². The van der Waals surface area contributed by atoms with Crippen molar-refractivity contribution in [2.24, 2.45) is 5.92 Å². The highest BCUT2D eigenvalue weighted by Crippen LogP contribution is 2.11. The smallest absolute Gasteiger partial charge is 0.330 e. The maximum atomic E-state index is 10.8. The molecule has 0 aliphatic carbocycles. The Labute approximate surface area is 74.6 Å². The zero-order valence-corrected chi connectivity index (χ0v) is 8.17. The first kappa shape index (κ1) is 11.2. The van der Waals surface area contributed by atoms with Gasteiger partial charge in [-0.1, -0.05) is 26.8 Å². The van der Waals surface area contributed by atoms with Crippen LogP contribution in [0.15, 0.2) is 12.7 Å². The first-order valence-electron chi connectivity index (χ1n) is 4.43. The summed E-state index contributed by atoms with van der Waals surface area (Å²) in [6.07, 6.45) is 3.25. The molecule has 12 heavy (non-hydrogen) atoms. The summed E-state index contributed by atoms with van der Waals surface area (Å²) in [4.78, 5) is 10.8.